The molecule has 4 nitrogen and oxygen atoms in total. The van der Waals surface area contributed by atoms with Crippen molar-refractivity contribution >= 4 is 39.1 Å². The van der Waals surface area contributed by atoms with Gasteiger partial charge in [0.15, 0.2) is 0 Å². The van der Waals surface area contributed by atoms with E-state index in [1.807, 2.05) is 36.9 Å². The highest BCUT2D eigenvalue weighted by atomic mass is 79.9. The van der Waals surface area contributed by atoms with Gasteiger partial charge in [0.25, 0.3) is 0 Å². The first-order valence-electron chi connectivity index (χ1n) is 6.59. The monoisotopic (exact) mass is 390 g/mol. The van der Waals surface area contributed by atoms with E-state index in [1.54, 1.807) is 0 Å². The molecule has 0 bridgehead atoms. The van der Waals surface area contributed by atoms with Crippen LogP contribution in [-0.4, -0.2) is 9.78 Å². The number of nitrogens with two attached hydrogens (primary N) is 1. The van der Waals surface area contributed by atoms with Crippen LogP contribution >= 0.6 is 39.1 Å². The van der Waals surface area contributed by atoms with Crippen LogP contribution in [0.4, 0.5) is 0 Å². The van der Waals surface area contributed by atoms with Gasteiger partial charge in [-0.3, -0.25) is 16.0 Å². The molecule has 21 heavy (non-hydrogen) atoms. The van der Waals surface area contributed by atoms with Gasteiger partial charge in [0, 0.05) is 23.0 Å². The molecule has 0 saturated heterocycles. The molecule has 1 atom stereocenters. The average molecular weight is 392 g/mol. The molecular weight excluding hydrogens is 375 g/mol. The summed E-state index contributed by atoms with van der Waals surface area (Å²) in [5.74, 6) is 5.72. The zero-order chi connectivity index (χ0) is 15.6. The second-order valence-electron chi connectivity index (χ2n) is 4.77. The van der Waals surface area contributed by atoms with E-state index < -0.39 is 0 Å². The molecule has 3 N–H and O–H groups in total. The molecule has 114 valence electrons. The van der Waals surface area contributed by atoms with Crippen LogP contribution < -0.4 is 11.3 Å². The molecule has 1 aromatic carbocycles. The third-order valence-electron chi connectivity index (χ3n) is 3.44. The van der Waals surface area contributed by atoms with Gasteiger partial charge < -0.3 is 0 Å². The summed E-state index contributed by atoms with van der Waals surface area (Å²) in [4.78, 5) is 0. The fraction of sp³-hybridized carbons (Fsp3) is 0.357. The molecule has 0 spiro atoms. The molecule has 2 aromatic rings. The van der Waals surface area contributed by atoms with Gasteiger partial charge in [-0.2, -0.15) is 5.10 Å². The van der Waals surface area contributed by atoms with Gasteiger partial charge in [0.2, 0.25) is 0 Å². The van der Waals surface area contributed by atoms with E-state index in [9.17, 15) is 0 Å². The third-order valence-corrected chi connectivity index (χ3v) is 4.83. The lowest BCUT2D eigenvalue weighted by Crippen LogP contribution is -2.30. The number of hydrogen-bond donors (Lipinski definition) is 2. The molecule has 0 aliphatic carbocycles. The van der Waals surface area contributed by atoms with Gasteiger partial charge in [-0.1, -0.05) is 46.1 Å². The summed E-state index contributed by atoms with van der Waals surface area (Å²) in [5, 5.41) is 5.80. The molecule has 0 saturated carbocycles. The van der Waals surface area contributed by atoms with Crippen molar-refractivity contribution in [3.63, 3.8) is 0 Å². The van der Waals surface area contributed by atoms with Crippen molar-refractivity contribution in [3.8, 4) is 0 Å². The zero-order valence-corrected chi connectivity index (χ0v) is 14.9. The highest BCUT2D eigenvalue weighted by molar-refractivity contribution is 9.10. The van der Waals surface area contributed by atoms with Crippen molar-refractivity contribution in [2.45, 2.75) is 25.8 Å². The fourth-order valence-corrected chi connectivity index (χ4v) is 3.35. The Hall–Kier alpha value is -0.590. The number of nitrogens with one attached hydrogen (secondary N) is 1. The van der Waals surface area contributed by atoms with Crippen molar-refractivity contribution in [1.82, 2.24) is 15.2 Å². The summed E-state index contributed by atoms with van der Waals surface area (Å²) in [6.07, 6.45) is 1.42. The predicted octanol–water partition coefficient (Wildman–Crippen LogP) is 3.80. The Morgan fingerprint density at radius 3 is 2.71 bits per heavy atom. The van der Waals surface area contributed by atoms with E-state index in [0.717, 1.165) is 27.8 Å². The number of hydrazine groups is 1. The highest BCUT2D eigenvalue weighted by Gasteiger charge is 2.20. The van der Waals surface area contributed by atoms with E-state index in [1.165, 1.54) is 0 Å². The molecule has 0 amide bonds. The minimum Gasteiger partial charge on any atom is -0.271 e. The molecule has 0 fully saturated rings. The second kappa shape index (κ2) is 7.11. The van der Waals surface area contributed by atoms with Crippen molar-refractivity contribution in [3.05, 3.63) is 49.7 Å². The predicted molar refractivity (Wildman–Crippen MR) is 90.5 cm³/mol. The fourth-order valence-electron chi connectivity index (χ4n) is 2.28. The second-order valence-corrected chi connectivity index (χ2v) is 6.44. The Morgan fingerprint density at radius 2 is 2.14 bits per heavy atom. The maximum Gasteiger partial charge on any atom is 0.0850 e. The SMILES string of the molecule is CCc1nn(C)c(CC(NN)c2cc(Cl)ccc2Br)c1Cl. The normalized spacial score (nSPS) is 12.7. The molecule has 2 rings (SSSR count). The van der Waals surface area contributed by atoms with E-state index in [4.69, 9.17) is 29.0 Å². The lowest BCUT2D eigenvalue weighted by Gasteiger charge is -2.18. The van der Waals surface area contributed by atoms with Crippen molar-refractivity contribution in [2.75, 3.05) is 0 Å². The Bertz CT molecular complexity index is 642. The first kappa shape index (κ1) is 16.8. The zero-order valence-electron chi connectivity index (χ0n) is 11.8. The lowest BCUT2D eigenvalue weighted by atomic mass is 10.0. The van der Waals surface area contributed by atoms with Gasteiger partial charge in [-0.15, -0.1) is 0 Å². The highest BCUT2D eigenvalue weighted by Crippen LogP contribution is 2.31. The summed E-state index contributed by atoms with van der Waals surface area (Å²) in [6.45, 7) is 2.03. The summed E-state index contributed by atoms with van der Waals surface area (Å²) in [5.41, 5.74) is 5.66. The van der Waals surface area contributed by atoms with Crippen molar-refractivity contribution in [2.24, 2.45) is 12.9 Å². The minimum absolute atomic E-state index is 0.115. The summed E-state index contributed by atoms with van der Waals surface area (Å²) < 4.78 is 2.76. The Kier molecular flexibility index (Phi) is 5.68. The standard InChI is InChI=1S/C14H17BrCl2N4/c1-3-11-14(17)13(21(2)20-11)7-12(19-18)9-6-8(16)4-5-10(9)15/h4-6,12,19H,3,7,18H2,1-2H3. The van der Waals surface area contributed by atoms with Gasteiger partial charge >= 0.3 is 0 Å². The Balaban J connectivity index is 2.36. The number of aromatic nitrogens is 2. The summed E-state index contributed by atoms with van der Waals surface area (Å²) in [6, 6.07) is 5.51. The molecule has 0 radical (unpaired) electrons. The Labute approximate surface area is 142 Å². The van der Waals surface area contributed by atoms with Gasteiger partial charge in [-0.25, -0.2) is 0 Å². The van der Waals surface area contributed by atoms with Crippen LogP contribution in [0.2, 0.25) is 10.0 Å². The average Bonchev–Trinajstić information content (AvgIpc) is 2.74. The summed E-state index contributed by atoms with van der Waals surface area (Å²) >= 11 is 16.0. The smallest absolute Gasteiger partial charge is 0.0850 e. The van der Waals surface area contributed by atoms with E-state index in [0.29, 0.717) is 16.5 Å². The van der Waals surface area contributed by atoms with Crippen LogP contribution in [-0.2, 0) is 19.9 Å². The van der Waals surface area contributed by atoms with Crippen molar-refractivity contribution < 1.29 is 0 Å². The van der Waals surface area contributed by atoms with Crippen LogP contribution in [0.25, 0.3) is 0 Å². The summed E-state index contributed by atoms with van der Waals surface area (Å²) in [7, 11) is 1.89. The molecule has 1 unspecified atom stereocenters. The van der Waals surface area contributed by atoms with E-state index in [-0.39, 0.29) is 6.04 Å². The lowest BCUT2D eigenvalue weighted by molar-refractivity contribution is 0.528. The van der Waals surface area contributed by atoms with Crippen LogP contribution in [0.3, 0.4) is 0 Å². The van der Waals surface area contributed by atoms with Gasteiger partial charge in [-0.05, 0) is 30.2 Å². The largest absolute Gasteiger partial charge is 0.271 e. The first-order valence-corrected chi connectivity index (χ1v) is 8.14. The number of aryl methyl sites for hydroxylation is 2. The maximum absolute atomic E-state index is 6.40. The first-order chi connectivity index (χ1) is 9.97. The van der Waals surface area contributed by atoms with E-state index in [2.05, 4.69) is 26.5 Å². The third kappa shape index (κ3) is 3.60. The van der Waals surface area contributed by atoms with Gasteiger partial charge in [0.1, 0.15) is 0 Å². The van der Waals surface area contributed by atoms with Crippen LogP contribution in [0, 0.1) is 0 Å². The van der Waals surface area contributed by atoms with E-state index >= 15 is 0 Å². The molecule has 0 aliphatic heterocycles. The minimum atomic E-state index is -0.115. The molecular formula is C14H17BrCl2N4. The van der Waals surface area contributed by atoms with Gasteiger partial charge in [0.05, 0.1) is 22.5 Å². The number of benzene rings is 1. The molecule has 0 aliphatic rings. The van der Waals surface area contributed by atoms with Crippen LogP contribution in [0.5, 0.6) is 0 Å². The molecule has 1 heterocycles. The van der Waals surface area contributed by atoms with Crippen LogP contribution in [0.1, 0.15) is 29.9 Å². The van der Waals surface area contributed by atoms with Crippen LogP contribution in [0.15, 0.2) is 22.7 Å². The topological polar surface area (TPSA) is 55.9 Å². The maximum atomic E-state index is 6.40. The molecule has 1 aromatic heterocycles. The number of halogens is 3. The molecule has 7 heteroatoms. The quantitative estimate of drug-likeness (QED) is 0.602. The number of rotatable bonds is 5. The number of nitrogens with zero attached hydrogens (tertiary/aromatic N) is 2. The van der Waals surface area contributed by atoms with Crippen molar-refractivity contribution in [1.29, 1.82) is 0 Å². The Morgan fingerprint density at radius 1 is 1.43 bits per heavy atom. The number of hydrogen-bond acceptors (Lipinski definition) is 3.